The summed E-state index contributed by atoms with van der Waals surface area (Å²) in [5.74, 6) is -0.536. The van der Waals surface area contributed by atoms with Gasteiger partial charge in [0.25, 0.3) is 5.91 Å². The fourth-order valence-corrected chi connectivity index (χ4v) is 3.88. The molecule has 2 aliphatic rings. The van der Waals surface area contributed by atoms with Crippen molar-refractivity contribution in [2.24, 2.45) is 0 Å². The van der Waals surface area contributed by atoms with Gasteiger partial charge in [-0.2, -0.15) is 0 Å². The van der Waals surface area contributed by atoms with E-state index in [1.807, 2.05) is 6.07 Å². The summed E-state index contributed by atoms with van der Waals surface area (Å²) in [5.41, 5.74) is 2.53. The van der Waals surface area contributed by atoms with Crippen molar-refractivity contribution >= 4 is 28.9 Å². The van der Waals surface area contributed by atoms with E-state index in [1.54, 1.807) is 29.2 Å². The van der Waals surface area contributed by atoms with E-state index in [9.17, 15) is 14.0 Å². The Balaban J connectivity index is 1.47. The van der Waals surface area contributed by atoms with Gasteiger partial charge in [0.05, 0.1) is 0 Å². The van der Waals surface area contributed by atoms with E-state index in [-0.39, 0.29) is 17.6 Å². The Morgan fingerprint density at radius 2 is 1.61 bits per heavy atom. The van der Waals surface area contributed by atoms with Crippen LogP contribution in [-0.2, 0) is 4.79 Å². The molecule has 4 rings (SSSR count). The van der Waals surface area contributed by atoms with Crippen molar-refractivity contribution in [1.29, 1.82) is 0 Å². The van der Waals surface area contributed by atoms with Gasteiger partial charge in [0.2, 0.25) is 5.91 Å². The highest BCUT2D eigenvalue weighted by Gasteiger charge is 2.20. The highest BCUT2D eigenvalue weighted by molar-refractivity contribution is 6.05. The number of nitrogens with one attached hydrogen (secondary N) is 1. The van der Waals surface area contributed by atoms with Gasteiger partial charge in [-0.05, 0) is 68.1 Å². The number of piperidine rings is 1. The minimum Gasteiger partial charge on any atom is -0.371 e. The average Bonchev–Trinajstić information content (AvgIpc) is 3.23. The van der Waals surface area contributed by atoms with Crippen LogP contribution in [0, 0.1) is 5.82 Å². The number of hydrogen-bond donors (Lipinski definition) is 1. The van der Waals surface area contributed by atoms with E-state index in [0.717, 1.165) is 50.1 Å². The number of hydrogen-bond acceptors (Lipinski definition) is 3. The topological polar surface area (TPSA) is 52.7 Å². The number of nitrogens with zero attached hydrogens (tertiary/aromatic N) is 2. The molecule has 2 amide bonds. The predicted octanol–water partition coefficient (Wildman–Crippen LogP) is 4.20. The third kappa shape index (κ3) is 4.01. The van der Waals surface area contributed by atoms with Crippen LogP contribution in [0.5, 0.6) is 0 Å². The molecule has 6 heteroatoms. The Hall–Kier alpha value is -2.89. The lowest BCUT2D eigenvalue weighted by Crippen LogP contribution is -2.35. The first kappa shape index (κ1) is 18.5. The molecule has 0 aliphatic carbocycles. The second-order valence-corrected chi connectivity index (χ2v) is 7.40. The van der Waals surface area contributed by atoms with E-state index in [0.29, 0.717) is 24.2 Å². The molecule has 2 fully saturated rings. The molecule has 0 aromatic heterocycles. The molecule has 0 unspecified atom stereocenters. The number of carbonyl (C=O) groups excluding carboxylic acids is 2. The van der Waals surface area contributed by atoms with Gasteiger partial charge < -0.3 is 15.1 Å². The molecule has 0 atom stereocenters. The molecule has 0 saturated carbocycles. The van der Waals surface area contributed by atoms with E-state index in [1.165, 1.54) is 12.1 Å². The van der Waals surface area contributed by atoms with E-state index < -0.39 is 0 Å². The summed E-state index contributed by atoms with van der Waals surface area (Å²) in [6, 6.07) is 11.6. The van der Waals surface area contributed by atoms with Crippen molar-refractivity contribution < 1.29 is 14.0 Å². The Labute approximate surface area is 164 Å². The fraction of sp³-hybridized carbons (Fsp3) is 0.364. The minimum absolute atomic E-state index is 0.123. The fourth-order valence-electron chi connectivity index (χ4n) is 3.88. The third-order valence-electron chi connectivity index (χ3n) is 5.38. The molecule has 2 aromatic rings. The van der Waals surface area contributed by atoms with Crippen LogP contribution in [0.25, 0.3) is 0 Å². The highest BCUT2D eigenvalue weighted by atomic mass is 19.1. The van der Waals surface area contributed by atoms with Gasteiger partial charge in [-0.25, -0.2) is 4.39 Å². The molecule has 2 aliphatic heterocycles. The Kier molecular flexibility index (Phi) is 5.28. The lowest BCUT2D eigenvalue weighted by atomic mass is 10.1. The molecule has 2 aromatic carbocycles. The number of anilines is 3. The number of benzene rings is 2. The van der Waals surface area contributed by atoms with Crippen molar-refractivity contribution in [2.45, 2.75) is 32.1 Å². The first-order valence-electron chi connectivity index (χ1n) is 9.87. The Morgan fingerprint density at radius 1 is 0.893 bits per heavy atom. The minimum atomic E-state index is -0.362. The summed E-state index contributed by atoms with van der Waals surface area (Å²) in [4.78, 5) is 28.5. The van der Waals surface area contributed by atoms with E-state index in [2.05, 4.69) is 10.2 Å². The molecule has 5 nitrogen and oxygen atoms in total. The molecule has 0 bridgehead atoms. The van der Waals surface area contributed by atoms with Crippen LogP contribution in [0.4, 0.5) is 21.5 Å². The zero-order valence-corrected chi connectivity index (χ0v) is 15.8. The number of carbonyl (C=O) groups is 2. The SMILES string of the molecule is O=C(Nc1cc(F)cc(N2CCCC2)c1)c1ccc(N2CCCCC2=O)cc1. The van der Waals surface area contributed by atoms with Crippen LogP contribution in [0.3, 0.4) is 0 Å². The lowest BCUT2D eigenvalue weighted by Gasteiger charge is -2.26. The molecule has 0 radical (unpaired) electrons. The van der Waals surface area contributed by atoms with Gasteiger partial charge in [0.15, 0.2) is 0 Å². The van der Waals surface area contributed by atoms with Gasteiger partial charge >= 0.3 is 0 Å². The third-order valence-corrected chi connectivity index (χ3v) is 5.38. The van der Waals surface area contributed by atoms with Gasteiger partial charge in [0, 0.05) is 48.7 Å². The van der Waals surface area contributed by atoms with Crippen molar-refractivity contribution in [2.75, 3.05) is 34.8 Å². The normalized spacial score (nSPS) is 17.1. The highest BCUT2D eigenvalue weighted by Crippen LogP contribution is 2.26. The van der Waals surface area contributed by atoms with Gasteiger partial charge in [-0.15, -0.1) is 0 Å². The monoisotopic (exact) mass is 381 g/mol. The zero-order chi connectivity index (χ0) is 19.5. The molecule has 28 heavy (non-hydrogen) atoms. The van der Waals surface area contributed by atoms with Gasteiger partial charge in [-0.3, -0.25) is 9.59 Å². The largest absolute Gasteiger partial charge is 0.371 e. The first-order valence-corrected chi connectivity index (χ1v) is 9.87. The molecule has 2 heterocycles. The lowest BCUT2D eigenvalue weighted by molar-refractivity contribution is -0.119. The molecule has 146 valence electrons. The number of rotatable bonds is 4. The van der Waals surface area contributed by atoms with Crippen molar-refractivity contribution in [1.82, 2.24) is 0 Å². The maximum atomic E-state index is 14.0. The summed E-state index contributed by atoms with van der Waals surface area (Å²) >= 11 is 0. The van der Waals surface area contributed by atoms with Crippen LogP contribution in [0.2, 0.25) is 0 Å². The molecule has 0 spiro atoms. The summed E-state index contributed by atoms with van der Waals surface area (Å²) in [6.07, 6.45) is 4.70. The summed E-state index contributed by atoms with van der Waals surface area (Å²) < 4.78 is 14.0. The second kappa shape index (κ2) is 8.00. The van der Waals surface area contributed by atoms with E-state index in [4.69, 9.17) is 0 Å². The van der Waals surface area contributed by atoms with Crippen LogP contribution >= 0.6 is 0 Å². The number of amides is 2. The van der Waals surface area contributed by atoms with Crippen LogP contribution in [0.1, 0.15) is 42.5 Å². The molecular weight excluding hydrogens is 357 g/mol. The predicted molar refractivity (Wildman–Crippen MR) is 108 cm³/mol. The number of halogens is 1. The van der Waals surface area contributed by atoms with Gasteiger partial charge in [0.1, 0.15) is 5.82 Å². The van der Waals surface area contributed by atoms with Crippen LogP contribution < -0.4 is 15.1 Å². The second-order valence-electron chi connectivity index (χ2n) is 7.40. The summed E-state index contributed by atoms with van der Waals surface area (Å²) in [7, 11) is 0. The zero-order valence-electron chi connectivity index (χ0n) is 15.8. The van der Waals surface area contributed by atoms with E-state index >= 15 is 0 Å². The standard InChI is InChI=1S/C22H24FN3O2/c23-17-13-18(15-20(14-17)25-10-3-4-11-25)24-22(28)16-6-8-19(9-7-16)26-12-2-1-5-21(26)27/h6-9,13-15H,1-5,10-12H2,(H,24,28). The molecular formula is C22H24FN3O2. The maximum Gasteiger partial charge on any atom is 0.255 e. The Morgan fingerprint density at radius 3 is 2.32 bits per heavy atom. The van der Waals surface area contributed by atoms with Gasteiger partial charge in [-0.1, -0.05) is 0 Å². The smallest absolute Gasteiger partial charge is 0.255 e. The van der Waals surface area contributed by atoms with Crippen LogP contribution in [0.15, 0.2) is 42.5 Å². The van der Waals surface area contributed by atoms with Crippen LogP contribution in [-0.4, -0.2) is 31.4 Å². The molecule has 2 saturated heterocycles. The first-order chi connectivity index (χ1) is 13.6. The molecule has 1 N–H and O–H groups in total. The quantitative estimate of drug-likeness (QED) is 0.864. The van der Waals surface area contributed by atoms with Crippen molar-refractivity contribution in [3.05, 3.63) is 53.8 Å². The van der Waals surface area contributed by atoms with Crippen molar-refractivity contribution in [3.8, 4) is 0 Å². The van der Waals surface area contributed by atoms with Crippen molar-refractivity contribution in [3.63, 3.8) is 0 Å². The maximum absolute atomic E-state index is 14.0. The summed E-state index contributed by atoms with van der Waals surface area (Å²) in [5, 5.41) is 2.78. The average molecular weight is 381 g/mol. The Bertz CT molecular complexity index is 876. The summed E-state index contributed by atoms with van der Waals surface area (Å²) in [6.45, 7) is 2.54.